The number of carbonyl (C=O) groups excluding carboxylic acids is 1. The first-order valence-electron chi connectivity index (χ1n) is 7.90. The molecule has 4 heteroatoms. The fraction of sp³-hybridized carbons (Fsp3) is 0.368. The number of ether oxygens (including phenoxy) is 1. The molecule has 120 valence electrons. The van der Waals surface area contributed by atoms with Crippen molar-refractivity contribution in [1.82, 2.24) is 9.88 Å². The Balaban J connectivity index is 1.63. The highest BCUT2D eigenvalue weighted by Gasteiger charge is 2.45. The summed E-state index contributed by atoms with van der Waals surface area (Å²) in [5.41, 5.74) is 3.09. The predicted molar refractivity (Wildman–Crippen MR) is 89.3 cm³/mol. The molecule has 0 N–H and O–H groups in total. The fourth-order valence-corrected chi connectivity index (χ4v) is 3.00. The van der Waals surface area contributed by atoms with Gasteiger partial charge in [0.2, 0.25) is 5.91 Å². The van der Waals surface area contributed by atoms with Crippen LogP contribution in [0.15, 0.2) is 42.5 Å². The highest BCUT2D eigenvalue weighted by atomic mass is 16.5. The molecule has 1 aromatic heterocycles. The predicted octanol–water partition coefficient (Wildman–Crippen LogP) is 3.16. The first kappa shape index (κ1) is 15.5. The summed E-state index contributed by atoms with van der Waals surface area (Å²) in [6.45, 7) is 2.52. The van der Waals surface area contributed by atoms with E-state index in [4.69, 9.17) is 4.74 Å². The van der Waals surface area contributed by atoms with Gasteiger partial charge < -0.3 is 9.64 Å². The van der Waals surface area contributed by atoms with Crippen LogP contribution in [0.25, 0.3) is 0 Å². The second-order valence-electron chi connectivity index (χ2n) is 6.19. The Morgan fingerprint density at radius 3 is 2.83 bits per heavy atom. The fourth-order valence-electron chi connectivity index (χ4n) is 3.00. The molecule has 1 aliphatic carbocycles. The summed E-state index contributed by atoms with van der Waals surface area (Å²) in [4.78, 5) is 18.8. The highest BCUT2D eigenvalue weighted by molar-refractivity contribution is 5.82. The Morgan fingerprint density at radius 1 is 1.30 bits per heavy atom. The Bertz CT molecular complexity index is 714. The van der Waals surface area contributed by atoms with E-state index in [9.17, 15) is 4.79 Å². The number of hydrogen-bond acceptors (Lipinski definition) is 3. The first-order chi connectivity index (χ1) is 11.1. The summed E-state index contributed by atoms with van der Waals surface area (Å²) < 4.78 is 5.26. The van der Waals surface area contributed by atoms with Crippen LogP contribution in [0.2, 0.25) is 0 Å². The minimum absolute atomic E-state index is 0.0805. The molecule has 0 bridgehead atoms. The molecule has 1 heterocycles. The number of methoxy groups -OCH3 is 1. The number of rotatable bonds is 5. The van der Waals surface area contributed by atoms with E-state index in [-0.39, 0.29) is 11.8 Å². The molecule has 2 atom stereocenters. The summed E-state index contributed by atoms with van der Waals surface area (Å²) in [7, 11) is 3.52. The van der Waals surface area contributed by atoms with Crippen LogP contribution in [-0.4, -0.2) is 29.9 Å². The standard InChI is InChI=1S/C19H22N2O2/c1-13-6-4-8-15(20-13)12-21(2)19(22)18-11-17(18)14-7-5-9-16(10-14)23-3/h4-10,17-18H,11-12H2,1-3H3/t17-,18-/m0/s1. The van der Waals surface area contributed by atoms with Crippen molar-refractivity contribution < 1.29 is 9.53 Å². The lowest BCUT2D eigenvalue weighted by Crippen LogP contribution is -2.28. The molecule has 0 unspecified atom stereocenters. The van der Waals surface area contributed by atoms with E-state index in [1.54, 1.807) is 12.0 Å². The van der Waals surface area contributed by atoms with Crippen molar-refractivity contribution >= 4 is 5.91 Å². The first-order valence-corrected chi connectivity index (χ1v) is 7.90. The van der Waals surface area contributed by atoms with Gasteiger partial charge in [-0.1, -0.05) is 18.2 Å². The van der Waals surface area contributed by atoms with Crippen molar-refractivity contribution in [2.24, 2.45) is 5.92 Å². The normalized spacial score (nSPS) is 19.3. The van der Waals surface area contributed by atoms with Crippen LogP contribution in [0.3, 0.4) is 0 Å². The Kier molecular flexibility index (Phi) is 4.33. The molecular formula is C19H22N2O2. The lowest BCUT2D eigenvalue weighted by Gasteiger charge is -2.17. The van der Waals surface area contributed by atoms with E-state index in [1.807, 2.05) is 50.4 Å². The van der Waals surface area contributed by atoms with Crippen LogP contribution in [0, 0.1) is 12.8 Å². The van der Waals surface area contributed by atoms with E-state index in [0.717, 1.165) is 23.6 Å². The van der Waals surface area contributed by atoms with Crippen LogP contribution in [0.4, 0.5) is 0 Å². The number of amides is 1. The van der Waals surface area contributed by atoms with Crippen molar-refractivity contribution in [2.45, 2.75) is 25.8 Å². The second kappa shape index (κ2) is 6.41. The zero-order chi connectivity index (χ0) is 16.4. The Morgan fingerprint density at radius 2 is 2.09 bits per heavy atom. The van der Waals surface area contributed by atoms with E-state index >= 15 is 0 Å². The molecule has 3 rings (SSSR count). The van der Waals surface area contributed by atoms with Crippen molar-refractivity contribution in [3.05, 3.63) is 59.4 Å². The molecule has 0 spiro atoms. The smallest absolute Gasteiger partial charge is 0.226 e. The third-order valence-electron chi connectivity index (χ3n) is 4.35. The largest absolute Gasteiger partial charge is 0.497 e. The van der Waals surface area contributed by atoms with E-state index in [2.05, 4.69) is 11.1 Å². The number of hydrogen-bond donors (Lipinski definition) is 0. The van der Waals surface area contributed by atoms with Gasteiger partial charge in [0, 0.05) is 18.7 Å². The molecule has 23 heavy (non-hydrogen) atoms. The van der Waals surface area contributed by atoms with Gasteiger partial charge in [0.05, 0.1) is 19.3 Å². The van der Waals surface area contributed by atoms with Crippen LogP contribution < -0.4 is 4.74 Å². The van der Waals surface area contributed by atoms with Crippen molar-refractivity contribution in [1.29, 1.82) is 0 Å². The molecule has 0 radical (unpaired) electrons. The SMILES string of the molecule is COc1cccc([C@@H]2C[C@@H]2C(=O)N(C)Cc2cccc(C)n2)c1. The maximum Gasteiger partial charge on any atom is 0.226 e. The van der Waals surface area contributed by atoms with E-state index in [1.165, 1.54) is 5.56 Å². The molecular weight excluding hydrogens is 288 g/mol. The Labute approximate surface area is 137 Å². The number of aryl methyl sites for hydroxylation is 1. The number of aromatic nitrogens is 1. The summed E-state index contributed by atoms with van der Waals surface area (Å²) in [5, 5.41) is 0. The molecule has 1 fully saturated rings. The third kappa shape index (κ3) is 3.52. The topological polar surface area (TPSA) is 42.4 Å². The highest BCUT2D eigenvalue weighted by Crippen LogP contribution is 2.49. The van der Waals surface area contributed by atoms with Gasteiger partial charge in [-0.2, -0.15) is 0 Å². The van der Waals surface area contributed by atoms with E-state index in [0.29, 0.717) is 12.5 Å². The van der Waals surface area contributed by atoms with Crippen LogP contribution in [-0.2, 0) is 11.3 Å². The number of benzene rings is 1. The number of carbonyl (C=O) groups is 1. The second-order valence-corrected chi connectivity index (χ2v) is 6.19. The lowest BCUT2D eigenvalue weighted by atomic mass is 10.1. The molecule has 1 aliphatic rings. The summed E-state index contributed by atoms with van der Waals surface area (Å²) in [5.74, 6) is 1.43. The lowest BCUT2D eigenvalue weighted by molar-refractivity contribution is -0.131. The number of pyridine rings is 1. The molecule has 1 aromatic carbocycles. The molecule has 2 aromatic rings. The van der Waals surface area contributed by atoms with Gasteiger partial charge in [-0.05, 0) is 49.1 Å². The summed E-state index contributed by atoms with van der Waals surface area (Å²) >= 11 is 0. The van der Waals surface area contributed by atoms with Gasteiger partial charge in [0.15, 0.2) is 0 Å². The van der Waals surface area contributed by atoms with Crippen LogP contribution in [0.1, 0.15) is 29.3 Å². The van der Waals surface area contributed by atoms with Crippen LogP contribution in [0.5, 0.6) is 5.75 Å². The minimum atomic E-state index is 0.0805. The van der Waals surface area contributed by atoms with Crippen molar-refractivity contribution in [2.75, 3.05) is 14.2 Å². The van der Waals surface area contributed by atoms with Gasteiger partial charge in [0.25, 0.3) is 0 Å². The van der Waals surface area contributed by atoms with Crippen molar-refractivity contribution in [3.63, 3.8) is 0 Å². The van der Waals surface area contributed by atoms with E-state index < -0.39 is 0 Å². The zero-order valence-corrected chi connectivity index (χ0v) is 13.8. The quantitative estimate of drug-likeness (QED) is 0.852. The van der Waals surface area contributed by atoms with Gasteiger partial charge in [-0.15, -0.1) is 0 Å². The average Bonchev–Trinajstić information content (AvgIpc) is 3.35. The molecule has 0 saturated heterocycles. The number of nitrogens with zero attached hydrogens (tertiary/aromatic N) is 2. The summed E-state index contributed by atoms with van der Waals surface area (Å²) in [6.07, 6.45) is 0.914. The Hall–Kier alpha value is -2.36. The maximum absolute atomic E-state index is 12.6. The molecule has 1 amide bonds. The van der Waals surface area contributed by atoms with Crippen molar-refractivity contribution in [3.8, 4) is 5.75 Å². The summed E-state index contributed by atoms with van der Waals surface area (Å²) in [6, 6.07) is 13.9. The minimum Gasteiger partial charge on any atom is -0.497 e. The molecule has 1 saturated carbocycles. The molecule has 4 nitrogen and oxygen atoms in total. The van der Waals surface area contributed by atoms with Gasteiger partial charge >= 0.3 is 0 Å². The molecule has 0 aliphatic heterocycles. The van der Waals surface area contributed by atoms with Gasteiger partial charge in [0.1, 0.15) is 5.75 Å². The van der Waals surface area contributed by atoms with Gasteiger partial charge in [-0.3, -0.25) is 9.78 Å². The third-order valence-corrected chi connectivity index (χ3v) is 4.35. The van der Waals surface area contributed by atoms with Gasteiger partial charge in [-0.25, -0.2) is 0 Å². The zero-order valence-electron chi connectivity index (χ0n) is 13.8. The van der Waals surface area contributed by atoms with Crippen LogP contribution >= 0.6 is 0 Å². The maximum atomic E-state index is 12.6. The monoisotopic (exact) mass is 310 g/mol. The average molecular weight is 310 g/mol.